The zero-order valence-electron chi connectivity index (χ0n) is 20.4. The van der Waals surface area contributed by atoms with Gasteiger partial charge in [0.1, 0.15) is 28.7 Å². The molecule has 14 heteroatoms. The lowest BCUT2D eigenvalue weighted by molar-refractivity contribution is -0.137. The maximum absolute atomic E-state index is 13.8. The van der Waals surface area contributed by atoms with Gasteiger partial charge in [-0.15, -0.1) is 0 Å². The second-order valence-corrected chi connectivity index (χ2v) is 10.1. The van der Waals surface area contributed by atoms with Gasteiger partial charge in [-0.2, -0.15) is 13.2 Å². The van der Waals surface area contributed by atoms with Crippen molar-refractivity contribution in [2.24, 2.45) is 0 Å². The number of aryl methyl sites for hydroxylation is 1. The van der Waals surface area contributed by atoms with Crippen molar-refractivity contribution in [2.75, 3.05) is 10.6 Å². The number of anilines is 4. The summed E-state index contributed by atoms with van der Waals surface area (Å²) in [5.74, 6) is 0.712. The van der Waals surface area contributed by atoms with E-state index in [1.807, 2.05) is 0 Å². The van der Waals surface area contributed by atoms with Gasteiger partial charge in [0.05, 0.1) is 22.6 Å². The highest BCUT2D eigenvalue weighted by molar-refractivity contribution is 7.89. The molecular formula is C24H23F3N8O2S. The van der Waals surface area contributed by atoms with Crippen LogP contribution < -0.4 is 15.4 Å². The Kier molecular flexibility index (Phi) is 7.55. The second-order valence-electron chi connectivity index (χ2n) is 8.45. The molecule has 0 unspecified atom stereocenters. The van der Waals surface area contributed by atoms with Gasteiger partial charge >= 0.3 is 6.18 Å². The molecule has 38 heavy (non-hydrogen) atoms. The first-order valence-electron chi connectivity index (χ1n) is 11.3. The molecule has 4 rings (SSSR count). The van der Waals surface area contributed by atoms with Crippen LogP contribution >= 0.6 is 0 Å². The first-order valence-corrected chi connectivity index (χ1v) is 12.7. The third kappa shape index (κ3) is 6.39. The van der Waals surface area contributed by atoms with E-state index in [4.69, 9.17) is 0 Å². The SMILES string of the molecule is Cc1nc(Nc2cc(Nc3ccccc3S(=O)(=O)NC(C)C)c(C(F)(F)F)cn2)cc(-c2cncnc2)n1. The number of rotatable bonds is 8. The largest absolute Gasteiger partial charge is 0.419 e. The van der Waals surface area contributed by atoms with Crippen LogP contribution in [0, 0.1) is 6.92 Å². The second kappa shape index (κ2) is 10.7. The summed E-state index contributed by atoms with van der Waals surface area (Å²) in [5.41, 5.74) is -0.385. The van der Waals surface area contributed by atoms with E-state index in [1.165, 1.54) is 30.6 Å². The molecule has 0 spiro atoms. The van der Waals surface area contributed by atoms with Crippen molar-refractivity contribution in [1.29, 1.82) is 0 Å². The van der Waals surface area contributed by atoms with Crippen molar-refractivity contribution >= 4 is 33.0 Å². The van der Waals surface area contributed by atoms with Gasteiger partial charge in [-0.1, -0.05) is 12.1 Å². The van der Waals surface area contributed by atoms with Crippen LogP contribution in [-0.4, -0.2) is 39.4 Å². The molecule has 0 saturated carbocycles. The van der Waals surface area contributed by atoms with Crippen LogP contribution in [0.15, 0.2) is 66.2 Å². The normalized spacial score (nSPS) is 12.0. The first-order chi connectivity index (χ1) is 17.9. The van der Waals surface area contributed by atoms with E-state index in [0.717, 1.165) is 6.07 Å². The maximum atomic E-state index is 13.8. The van der Waals surface area contributed by atoms with Crippen molar-refractivity contribution in [2.45, 2.75) is 37.9 Å². The molecule has 4 aromatic rings. The van der Waals surface area contributed by atoms with Crippen molar-refractivity contribution < 1.29 is 21.6 Å². The summed E-state index contributed by atoms with van der Waals surface area (Å²) in [6.45, 7) is 4.94. The number of para-hydroxylation sites is 1. The average molecular weight is 545 g/mol. The van der Waals surface area contributed by atoms with Crippen LogP contribution in [0.1, 0.15) is 25.2 Å². The Morgan fingerprint density at radius 2 is 1.61 bits per heavy atom. The van der Waals surface area contributed by atoms with E-state index >= 15 is 0 Å². The molecule has 198 valence electrons. The maximum Gasteiger partial charge on any atom is 0.419 e. The molecule has 1 aromatic carbocycles. The van der Waals surface area contributed by atoms with E-state index < -0.39 is 33.5 Å². The number of alkyl halides is 3. The first kappa shape index (κ1) is 26.9. The molecule has 0 amide bonds. The third-order valence-electron chi connectivity index (χ3n) is 5.00. The number of hydrogen-bond donors (Lipinski definition) is 3. The van der Waals surface area contributed by atoms with Crippen LogP contribution in [0.5, 0.6) is 0 Å². The third-order valence-corrected chi connectivity index (χ3v) is 6.71. The molecule has 0 atom stereocenters. The van der Waals surface area contributed by atoms with E-state index in [2.05, 4.69) is 40.3 Å². The predicted molar refractivity (Wildman–Crippen MR) is 135 cm³/mol. The number of benzene rings is 1. The topological polar surface area (TPSA) is 135 Å². The van der Waals surface area contributed by atoms with Crippen molar-refractivity contribution in [1.82, 2.24) is 29.6 Å². The van der Waals surface area contributed by atoms with Gasteiger partial charge < -0.3 is 10.6 Å². The predicted octanol–water partition coefficient (Wildman–Crippen LogP) is 4.83. The van der Waals surface area contributed by atoms with Crippen LogP contribution in [0.2, 0.25) is 0 Å². The average Bonchev–Trinajstić information content (AvgIpc) is 2.83. The Hall–Kier alpha value is -4.17. The quantitative estimate of drug-likeness (QED) is 0.285. The van der Waals surface area contributed by atoms with Crippen LogP contribution in [0.25, 0.3) is 11.3 Å². The number of halogens is 3. The molecule has 0 fully saturated rings. The summed E-state index contributed by atoms with van der Waals surface area (Å²) in [4.78, 5) is 20.2. The van der Waals surface area contributed by atoms with Gasteiger partial charge in [0, 0.05) is 42.3 Å². The fraction of sp³-hybridized carbons (Fsp3) is 0.208. The monoisotopic (exact) mass is 544 g/mol. The highest BCUT2D eigenvalue weighted by Crippen LogP contribution is 2.38. The highest BCUT2D eigenvalue weighted by atomic mass is 32.2. The zero-order valence-corrected chi connectivity index (χ0v) is 21.3. The molecule has 3 aromatic heterocycles. The van der Waals surface area contributed by atoms with Crippen LogP contribution in [0.3, 0.4) is 0 Å². The van der Waals surface area contributed by atoms with Crippen molar-refractivity contribution in [3.8, 4) is 11.3 Å². The van der Waals surface area contributed by atoms with E-state index in [0.29, 0.717) is 23.3 Å². The van der Waals surface area contributed by atoms with Crippen LogP contribution in [-0.2, 0) is 16.2 Å². The molecule has 10 nitrogen and oxygen atoms in total. The lowest BCUT2D eigenvalue weighted by Gasteiger charge is -2.18. The number of aromatic nitrogens is 5. The van der Waals surface area contributed by atoms with E-state index in [-0.39, 0.29) is 22.2 Å². The summed E-state index contributed by atoms with van der Waals surface area (Å²) in [6, 6.07) is 7.98. The number of hydrogen-bond acceptors (Lipinski definition) is 9. The number of pyridine rings is 1. The number of nitrogens with one attached hydrogen (secondary N) is 3. The number of sulfonamides is 1. The molecule has 0 aliphatic heterocycles. The minimum absolute atomic E-state index is 0.0347. The Balaban J connectivity index is 1.72. The summed E-state index contributed by atoms with van der Waals surface area (Å²) < 4.78 is 69.6. The lowest BCUT2D eigenvalue weighted by Crippen LogP contribution is -2.30. The molecule has 0 bridgehead atoms. The van der Waals surface area contributed by atoms with Gasteiger partial charge in [0.2, 0.25) is 10.0 Å². The minimum Gasteiger partial charge on any atom is -0.354 e. The summed E-state index contributed by atoms with van der Waals surface area (Å²) >= 11 is 0. The number of nitrogens with zero attached hydrogens (tertiary/aromatic N) is 5. The minimum atomic E-state index is -4.76. The highest BCUT2D eigenvalue weighted by Gasteiger charge is 2.35. The molecule has 3 heterocycles. The standard InChI is InChI=1S/C24H23F3N8O2S/c1-14(2)35-38(36,37)21-7-5-4-6-18(21)33-20-9-22(30-12-17(20)24(25,26)27)34-23-8-19(31-15(3)32-23)16-10-28-13-29-11-16/h4-14,35H,1-3H3,(H2,30,31,32,33,34). The summed E-state index contributed by atoms with van der Waals surface area (Å²) in [6.07, 6.45) is 0.408. The smallest absolute Gasteiger partial charge is 0.354 e. The van der Waals surface area contributed by atoms with Gasteiger partial charge in [-0.25, -0.2) is 38.1 Å². The molecule has 0 radical (unpaired) electrons. The summed E-state index contributed by atoms with van der Waals surface area (Å²) in [7, 11) is -4.01. The molecule has 3 N–H and O–H groups in total. The Morgan fingerprint density at radius 3 is 2.29 bits per heavy atom. The Labute approximate surface area is 216 Å². The van der Waals surface area contributed by atoms with Crippen molar-refractivity contribution in [3.63, 3.8) is 0 Å². The van der Waals surface area contributed by atoms with Gasteiger partial charge in [0.15, 0.2) is 0 Å². The van der Waals surface area contributed by atoms with Crippen LogP contribution in [0.4, 0.5) is 36.2 Å². The Morgan fingerprint density at radius 1 is 0.895 bits per heavy atom. The molecule has 0 saturated heterocycles. The van der Waals surface area contributed by atoms with Gasteiger partial charge in [0.25, 0.3) is 0 Å². The van der Waals surface area contributed by atoms with Gasteiger partial charge in [-0.3, -0.25) is 0 Å². The van der Waals surface area contributed by atoms with Crippen molar-refractivity contribution in [3.05, 3.63) is 72.7 Å². The summed E-state index contributed by atoms with van der Waals surface area (Å²) in [5, 5.41) is 5.52. The zero-order chi connectivity index (χ0) is 27.5. The van der Waals surface area contributed by atoms with E-state index in [9.17, 15) is 21.6 Å². The molecule has 0 aliphatic carbocycles. The molecular weight excluding hydrogens is 521 g/mol. The fourth-order valence-corrected chi connectivity index (χ4v) is 4.93. The van der Waals surface area contributed by atoms with Gasteiger partial charge in [-0.05, 0) is 32.9 Å². The molecule has 0 aliphatic rings. The van der Waals surface area contributed by atoms with E-state index in [1.54, 1.807) is 39.2 Å². The Bertz CT molecular complexity index is 1550. The fourth-order valence-electron chi connectivity index (χ4n) is 3.52. The lowest BCUT2D eigenvalue weighted by atomic mass is 10.2.